The number of hydrogen-bond donors (Lipinski definition) is 1. The Balaban J connectivity index is 1.84. The van der Waals surface area contributed by atoms with Crippen molar-refractivity contribution in [3.05, 3.63) is 0 Å². The highest BCUT2D eigenvalue weighted by Gasteiger charge is 2.33. The third-order valence-electron chi connectivity index (χ3n) is 4.13. The second kappa shape index (κ2) is 4.81. The summed E-state index contributed by atoms with van der Waals surface area (Å²) in [6.07, 6.45) is 4.01. The lowest BCUT2D eigenvalue weighted by Gasteiger charge is -2.39. The molecule has 0 aromatic heterocycles. The van der Waals surface area contributed by atoms with Crippen molar-refractivity contribution in [3.63, 3.8) is 0 Å². The third kappa shape index (κ3) is 2.71. The molecule has 88 valence electrons. The molecular weight excluding hydrogens is 186 g/mol. The highest BCUT2D eigenvalue weighted by Crippen LogP contribution is 2.24. The van der Waals surface area contributed by atoms with Gasteiger partial charge in [-0.15, -0.1) is 0 Å². The van der Waals surface area contributed by atoms with E-state index in [1.54, 1.807) is 0 Å². The number of rotatable bonds is 3. The molecule has 0 saturated carbocycles. The third-order valence-corrected chi connectivity index (χ3v) is 4.13. The molecule has 1 atom stereocenters. The Kier molecular flexibility index (Phi) is 3.65. The van der Waals surface area contributed by atoms with Crippen molar-refractivity contribution < 1.29 is 0 Å². The van der Waals surface area contributed by atoms with Gasteiger partial charge in [0.1, 0.15) is 0 Å². The first-order chi connectivity index (χ1) is 7.24. The Hall–Kier alpha value is -0.120. The number of likely N-dealkylation sites (N-methyl/N-ethyl adjacent to an activating group) is 1. The van der Waals surface area contributed by atoms with Crippen LogP contribution in [0.15, 0.2) is 0 Å². The van der Waals surface area contributed by atoms with Gasteiger partial charge in [0.2, 0.25) is 0 Å². The van der Waals surface area contributed by atoms with Crippen molar-refractivity contribution >= 4 is 0 Å². The van der Waals surface area contributed by atoms with Crippen molar-refractivity contribution in [1.29, 1.82) is 0 Å². The molecule has 0 aromatic rings. The first-order valence-corrected chi connectivity index (χ1v) is 6.40. The molecular formula is C12H25N3. The molecule has 1 N–H and O–H groups in total. The molecule has 0 aromatic carbocycles. The zero-order chi connectivity index (χ0) is 10.7. The topological polar surface area (TPSA) is 18.5 Å². The molecule has 3 heteroatoms. The first-order valence-electron chi connectivity index (χ1n) is 6.40. The monoisotopic (exact) mass is 211 g/mol. The van der Waals surface area contributed by atoms with E-state index in [1.165, 1.54) is 58.5 Å². The number of nitrogens with one attached hydrogen (secondary N) is 1. The normalized spacial score (nSPS) is 34.8. The highest BCUT2D eigenvalue weighted by atomic mass is 15.3. The van der Waals surface area contributed by atoms with Crippen LogP contribution in [-0.4, -0.2) is 61.7 Å². The predicted molar refractivity (Wildman–Crippen MR) is 64.2 cm³/mol. The second-order valence-corrected chi connectivity index (χ2v) is 5.24. The summed E-state index contributed by atoms with van der Waals surface area (Å²) < 4.78 is 0. The lowest BCUT2D eigenvalue weighted by Crippen LogP contribution is -2.54. The lowest BCUT2D eigenvalue weighted by molar-refractivity contribution is 0.118. The van der Waals surface area contributed by atoms with E-state index in [9.17, 15) is 0 Å². The molecule has 0 radical (unpaired) electrons. The minimum absolute atomic E-state index is 0.440. The molecule has 0 aliphatic carbocycles. The van der Waals surface area contributed by atoms with Gasteiger partial charge in [-0.25, -0.2) is 0 Å². The predicted octanol–water partition coefficient (Wildman–Crippen LogP) is 0.766. The second-order valence-electron chi connectivity index (χ2n) is 5.24. The van der Waals surface area contributed by atoms with Gasteiger partial charge in [-0.1, -0.05) is 6.92 Å². The van der Waals surface area contributed by atoms with E-state index in [1.807, 2.05) is 0 Å². The summed E-state index contributed by atoms with van der Waals surface area (Å²) in [5.41, 5.74) is 0.440. The van der Waals surface area contributed by atoms with Gasteiger partial charge in [0, 0.05) is 38.3 Å². The van der Waals surface area contributed by atoms with Crippen molar-refractivity contribution in [3.8, 4) is 0 Å². The summed E-state index contributed by atoms with van der Waals surface area (Å²) >= 11 is 0. The molecule has 2 fully saturated rings. The standard InChI is InChI=1S/C12H25N3/c1-3-12(5-4-6-13-12)11-15-9-7-14(2)8-10-15/h13H,3-11H2,1-2H3. The maximum Gasteiger partial charge on any atom is 0.0306 e. The van der Waals surface area contributed by atoms with E-state index in [0.717, 1.165) is 0 Å². The molecule has 15 heavy (non-hydrogen) atoms. The van der Waals surface area contributed by atoms with E-state index >= 15 is 0 Å². The SMILES string of the molecule is CCC1(CN2CCN(C)CC2)CCCN1. The summed E-state index contributed by atoms with van der Waals surface area (Å²) in [7, 11) is 2.22. The molecule has 2 heterocycles. The smallest absolute Gasteiger partial charge is 0.0306 e. The van der Waals surface area contributed by atoms with Gasteiger partial charge in [-0.3, -0.25) is 4.90 Å². The number of hydrogen-bond acceptors (Lipinski definition) is 3. The Morgan fingerprint density at radius 2 is 1.93 bits per heavy atom. The fourth-order valence-electron chi connectivity index (χ4n) is 2.85. The summed E-state index contributed by atoms with van der Waals surface area (Å²) in [5.74, 6) is 0. The van der Waals surface area contributed by atoms with Crippen LogP contribution in [0.3, 0.4) is 0 Å². The van der Waals surface area contributed by atoms with Crippen LogP contribution in [0.1, 0.15) is 26.2 Å². The summed E-state index contributed by atoms with van der Waals surface area (Å²) in [6.45, 7) is 9.78. The Morgan fingerprint density at radius 1 is 1.20 bits per heavy atom. The first kappa shape index (κ1) is 11.4. The Bertz CT molecular complexity index is 191. The quantitative estimate of drug-likeness (QED) is 0.744. The average molecular weight is 211 g/mol. The minimum atomic E-state index is 0.440. The molecule has 2 saturated heterocycles. The number of piperazine rings is 1. The van der Waals surface area contributed by atoms with Gasteiger partial charge in [-0.2, -0.15) is 0 Å². The van der Waals surface area contributed by atoms with E-state index in [-0.39, 0.29) is 0 Å². The molecule has 0 amide bonds. The number of nitrogens with zero attached hydrogens (tertiary/aromatic N) is 2. The summed E-state index contributed by atoms with van der Waals surface area (Å²) in [4.78, 5) is 5.07. The molecule has 2 aliphatic heterocycles. The van der Waals surface area contributed by atoms with E-state index < -0.39 is 0 Å². The highest BCUT2D eigenvalue weighted by molar-refractivity contribution is 4.95. The van der Waals surface area contributed by atoms with Crippen LogP contribution < -0.4 is 5.32 Å². The Morgan fingerprint density at radius 3 is 2.47 bits per heavy atom. The largest absolute Gasteiger partial charge is 0.310 e. The molecule has 2 aliphatic rings. The van der Waals surface area contributed by atoms with Crippen LogP contribution in [-0.2, 0) is 0 Å². The molecule has 1 unspecified atom stereocenters. The van der Waals surface area contributed by atoms with Crippen molar-refractivity contribution in [2.45, 2.75) is 31.7 Å². The fraction of sp³-hybridized carbons (Fsp3) is 1.00. The van der Waals surface area contributed by atoms with Crippen molar-refractivity contribution in [1.82, 2.24) is 15.1 Å². The average Bonchev–Trinajstić information content (AvgIpc) is 2.71. The van der Waals surface area contributed by atoms with E-state index in [2.05, 4.69) is 29.1 Å². The van der Waals surface area contributed by atoms with Crippen LogP contribution in [0, 0.1) is 0 Å². The van der Waals surface area contributed by atoms with Crippen LogP contribution in [0.25, 0.3) is 0 Å². The van der Waals surface area contributed by atoms with Gasteiger partial charge in [0.15, 0.2) is 0 Å². The van der Waals surface area contributed by atoms with Crippen LogP contribution >= 0.6 is 0 Å². The molecule has 2 rings (SSSR count). The maximum atomic E-state index is 3.72. The molecule has 3 nitrogen and oxygen atoms in total. The maximum absolute atomic E-state index is 3.72. The molecule has 0 bridgehead atoms. The van der Waals surface area contributed by atoms with E-state index in [0.29, 0.717) is 5.54 Å². The van der Waals surface area contributed by atoms with Gasteiger partial charge in [-0.05, 0) is 32.9 Å². The van der Waals surface area contributed by atoms with Crippen LogP contribution in [0.2, 0.25) is 0 Å². The van der Waals surface area contributed by atoms with Gasteiger partial charge < -0.3 is 10.2 Å². The lowest BCUT2D eigenvalue weighted by atomic mass is 9.93. The van der Waals surface area contributed by atoms with Gasteiger partial charge in [0.05, 0.1) is 0 Å². The van der Waals surface area contributed by atoms with Crippen LogP contribution in [0.5, 0.6) is 0 Å². The van der Waals surface area contributed by atoms with Crippen molar-refractivity contribution in [2.24, 2.45) is 0 Å². The minimum Gasteiger partial charge on any atom is -0.310 e. The van der Waals surface area contributed by atoms with Crippen molar-refractivity contribution in [2.75, 3.05) is 46.3 Å². The van der Waals surface area contributed by atoms with Crippen LogP contribution in [0.4, 0.5) is 0 Å². The van der Waals surface area contributed by atoms with E-state index in [4.69, 9.17) is 0 Å². The molecule has 0 spiro atoms. The zero-order valence-electron chi connectivity index (χ0n) is 10.3. The summed E-state index contributed by atoms with van der Waals surface area (Å²) in [5, 5.41) is 3.72. The summed E-state index contributed by atoms with van der Waals surface area (Å²) in [6, 6.07) is 0. The zero-order valence-corrected chi connectivity index (χ0v) is 10.3. The van der Waals surface area contributed by atoms with Gasteiger partial charge >= 0.3 is 0 Å². The van der Waals surface area contributed by atoms with Gasteiger partial charge in [0.25, 0.3) is 0 Å². The Labute approximate surface area is 93.8 Å². The fourth-order valence-corrected chi connectivity index (χ4v) is 2.85.